The molecule has 0 aromatic heterocycles. The normalized spacial score (nSPS) is 27.4. The van der Waals surface area contributed by atoms with Crippen LogP contribution in [0.15, 0.2) is 18.2 Å². The topological polar surface area (TPSA) is 23.5 Å². The van der Waals surface area contributed by atoms with Crippen LogP contribution < -0.4 is 0 Å². The molecule has 1 aromatic rings. The van der Waals surface area contributed by atoms with Crippen LogP contribution in [-0.4, -0.2) is 22.6 Å². The highest BCUT2D eigenvalue weighted by atomic mass is 16.3. The summed E-state index contributed by atoms with van der Waals surface area (Å²) in [5.74, 6) is 0.420. The lowest BCUT2D eigenvalue weighted by Crippen LogP contribution is -2.41. The van der Waals surface area contributed by atoms with Gasteiger partial charge in [0.05, 0.1) is 0 Å². The van der Waals surface area contributed by atoms with Gasteiger partial charge in [0.1, 0.15) is 5.75 Å². The van der Waals surface area contributed by atoms with Gasteiger partial charge in [-0.15, -0.1) is 0 Å². The van der Waals surface area contributed by atoms with Crippen LogP contribution in [0.3, 0.4) is 0 Å². The molecule has 2 aliphatic rings. The summed E-state index contributed by atoms with van der Waals surface area (Å²) >= 11 is 0. The van der Waals surface area contributed by atoms with Crippen LogP contribution in [0, 0.1) is 0 Å². The average molecular weight is 259 g/mol. The highest BCUT2D eigenvalue weighted by Gasteiger charge is 2.33. The molecule has 0 spiro atoms. The zero-order valence-corrected chi connectivity index (χ0v) is 11.9. The van der Waals surface area contributed by atoms with Crippen LogP contribution >= 0.6 is 0 Å². The third-order valence-electron chi connectivity index (χ3n) is 4.87. The molecule has 1 heterocycles. The predicted molar refractivity (Wildman–Crippen MR) is 78.4 cm³/mol. The van der Waals surface area contributed by atoms with Gasteiger partial charge in [-0.1, -0.05) is 25.8 Å². The molecular weight excluding hydrogens is 234 g/mol. The Morgan fingerprint density at radius 2 is 2.16 bits per heavy atom. The second kappa shape index (κ2) is 5.54. The van der Waals surface area contributed by atoms with Gasteiger partial charge in [-0.05, 0) is 61.9 Å². The number of nitrogens with zero attached hydrogens (tertiary/aromatic N) is 1. The maximum atomic E-state index is 9.62. The molecule has 19 heavy (non-hydrogen) atoms. The molecule has 0 amide bonds. The third kappa shape index (κ3) is 2.51. The first-order valence-electron chi connectivity index (χ1n) is 7.87. The van der Waals surface area contributed by atoms with E-state index >= 15 is 0 Å². The van der Waals surface area contributed by atoms with E-state index in [-0.39, 0.29) is 0 Å². The molecule has 2 heteroatoms. The van der Waals surface area contributed by atoms with E-state index in [0.717, 1.165) is 12.5 Å². The smallest absolute Gasteiger partial charge is 0.115 e. The summed E-state index contributed by atoms with van der Waals surface area (Å²) in [4.78, 5) is 2.76. The fourth-order valence-electron chi connectivity index (χ4n) is 4.00. The van der Waals surface area contributed by atoms with E-state index in [0.29, 0.717) is 11.8 Å². The van der Waals surface area contributed by atoms with Gasteiger partial charge < -0.3 is 5.11 Å². The minimum Gasteiger partial charge on any atom is -0.508 e. The van der Waals surface area contributed by atoms with Gasteiger partial charge >= 0.3 is 0 Å². The Morgan fingerprint density at radius 3 is 3.00 bits per heavy atom. The molecule has 2 unspecified atom stereocenters. The predicted octanol–water partition coefficient (Wildman–Crippen LogP) is 4.03. The Kier molecular flexibility index (Phi) is 3.79. The minimum atomic E-state index is 0.420. The number of hydrogen-bond acceptors (Lipinski definition) is 2. The van der Waals surface area contributed by atoms with E-state index < -0.39 is 0 Å². The van der Waals surface area contributed by atoms with E-state index in [1.807, 2.05) is 12.1 Å². The largest absolute Gasteiger partial charge is 0.508 e. The molecule has 1 fully saturated rings. The number of rotatable bonds is 3. The molecule has 0 bridgehead atoms. The van der Waals surface area contributed by atoms with Crippen molar-refractivity contribution in [2.45, 2.75) is 64.0 Å². The Hall–Kier alpha value is -1.02. The quantitative estimate of drug-likeness (QED) is 0.885. The van der Waals surface area contributed by atoms with Crippen LogP contribution in [0.5, 0.6) is 5.75 Å². The van der Waals surface area contributed by atoms with Gasteiger partial charge in [0.25, 0.3) is 0 Å². The molecule has 1 N–H and O–H groups in total. The Labute approximate surface area is 116 Å². The van der Waals surface area contributed by atoms with Crippen molar-refractivity contribution in [3.8, 4) is 5.75 Å². The molecule has 1 aliphatic heterocycles. The summed E-state index contributed by atoms with van der Waals surface area (Å²) in [7, 11) is 0. The lowest BCUT2D eigenvalue weighted by molar-refractivity contribution is 0.0880. The number of benzene rings is 1. The van der Waals surface area contributed by atoms with Crippen molar-refractivity contribution in [1.29, 1.82) is 0 Å². The van der Waals surface area contributed by atoms with Crippen LogP contribution in [0.2, 0.25) is 0 Å². The number of phenolic OH excluding ortho intramolecular Hbond substituents is 1. The maximum absolute atomic E-state index is 9.62. The van der Waals surface area contributed by atoms with Crippen LogP contribution in [-0.2, 0) is 6.42 Å². The van der Waals surface area contributed by atoms with E-state index in [1.54, 1.807) is 0 Å². The molecule has 1 aliphatic carbocycles. The summed E-state index contributed by atoms with van der Waals surface area (Å²) in [5.41, 5.74) is 2.84. The number of phenols is 1. The zero-order valence-electron chi connectivity index (χ0n) is 11.9. The molecular formula is C17H25NO. The molecule has 3 rings (SSSR count). The molecule has 0 saturated carbocycles. The molecule has 1 aromatic carbocycles. The second-order valence-corrected chi connectivity index (χ2v) is 6.11. The SMILES string of the molecule is CCCC1CCCCN1C1CCc2cc(O)ccc21. The number of likely N-dealkylation sites (tertiary alicyclic amines) is 1. The summed E-state index contributed by atoms with van der Waals surface area (Å²) in [6.07, 6.45) is 9.11. The molecule has 1 saturated heterocycles. The standard InChI is InChI=1S/C17H25NO/c1-2-5-14-6-3-4-11-18(14)17-10-7-13-12-15(19)8-9-16(13)17/h8-9,12,14,17,19H,2-7,10-11H2,1H3. The lowest BCUT2D eigenvalue weighted by Gasteiger charge is -2.40. The van der Waals surface area contributed by atoms with Crippen molar-refractivity contribution in [1.82, 2.24) is 4.90 Å². The Bertz CT molecular complexity index is 441. The first-order chi connectivity index (χ1) is 9.29. The number of aromatic hydroxyl groups is 1. The third-order valence-corrected chi connectivity index (χ3v) is 4.87. The van der Waals surface area contributed by atoms with Crippen molar-refractivity contribution in [3.05, 3.63) is 29.3 Å². The lowest BCUT2D eigenvalue weighted by atomic mass is 9.94. The van der Waals surface area contributed by atoms with E-state index in [4.69, 9.17) is 0 Å². The number of hydrogen-bond donors (Lipinski definition) is 1. The van der Waals surface area contributed by atoms with Gasteiger partial charge in [0.2, 0.25) is 0 Å². The maximum Gasteiger partial charge on any atom is 0.115 e. The van der Waals surface area contributed by atoms with Crippen molar-refractivity contribution >= 4 is 0 Å². The van der Waals surface area contributed by atoms with E-state index in [9.17, 15) is 5.11 Å². The highest BCUT2D eigenvalue weighted by Crippen LogP contribution is 2.40. The number of fused-ring (bicyclic) bond motifs is 1. The van der Waals surface area contributed by atoms with E-state index in [1.165, 1.54) is 56.2 Å². The fraction of sp³-hybridized carbons (Fsp3) is 0.647. The molecule has 2 nitrogen and oxygen atoms in total. The van der Waals surface area contributed by atoms with Gasteiger partial charge in [0, 0.05) is 12.1 Å². The van der Waals surface area contributed by atoms with Crippen LogP contribution in [0.1, 0.15) is 62.6 Å². The summed E-state index contributed by atoms with van der Waals surface area (Å²) in [6.45, 7) is 3.56. The summed E-state index contributed by atoms with van der Waals surface area (Å²) < 4.78 is 0. The van der Waals surface area contributed by atoms with Crippen molar-refractivity contribution in [3.63, 3.8) is 0 Å². The number of aryl methyl sites for hydroxylation is 1. The summed E-state index contributed by atoms with van der Waals surface area (Å²) in [5, 5.41) is 9.62. The van der Waals surface area contributed by atoms with Crippen molar-refractivity contribution < 1.29 is 5.11 Å². The van der Waals surface area contributed by atoms with Gasteiger partial charge in [0.15, 0.2) is 0 Å². The molecule has 2 atom stereocenters. The monoisotopic (exact) mass is 259 g/mol. The molecule has 104 valence electrons. The average Bonchev–Trinajstić information content (AvgIpc) is 2.82. The molecule has 0 radical (unpaired) electrons. The van der Waals surface area contributed by atoms with Crippen LogP contribution in [0.25, 0.3) is 0 Å². The zero-order chi connectivity index (χ0) is 13.2. The van der Waals surface area contributed by atoms with E-state index in [2.05, 4.69) is 17.9 Å². The van der Waals surface area contributed by atoms with Gasteiger partial charge in [-0.25, -0.2) is 0 Å². The van der Waals surface area contributed by atoms with Gasteiger partial charge in [-0.3, -0.25) is 4.90 Å². The van der Waals surface area contributed by atoms with Gasteiger partial charge in [-0.2, -0.15) is 0 Å². The Balaban J connectivity index is 1.83. The van der Waals surface area contributed by atoms with Crippen molar-refractivity contribution in [2.24, 2.45) is 0 Å². The highest BCUT2D eigenvalue weighted by molar-refractivity contribution is 5.40. The number of piperidine rings is 1. The van der Waals surface area contributed by atoms with Crippen molar-refractivity contribution in [2.75, 3.05) is 6.54 Å². The first-order valence-corrected chi connectivity index (χ1v) is 7.87. The summed E-state index contributed by atoms with van der Waals surface area (Å²) in [6, 6.07) is 7.36. The second-order valence-electron chi connectivity index (χ2n) is 6.11. The fourth-order valence-corrected chi connectivity index (χ4v) is 4.00. The Morgan fingerprint density at radius 1 is 1.26 bits per heavy atom. The van der Waals surface area contributed by atoms with Crippen LogP contribution in [0.4, 0.5) is 0 Å². The minimum absolute atomic E-state index is 0.420. The first kappa shape index (κ1) is 13.0.